The van der Waals surface area contributed by atoms with E-state index < -0.39 is 41.9 Å². The molecule has 0 bridgehead atoms. The first-order chi connectivity index (χ1) is 18.5. The molecule has 1 aliphatic carbocycles. The lowest BCUT2D eigenvalue weighted by molar-refractivity contribution is -0.350. The quantitative estimate of drug-likeness (QED) is 0.278. The van der Waals surface area contributed by atoms with Crippen molar-refractivity contribution in [1.82, 2.24) is 24.5 Å². The van der Waals surface area contributed by atoms with Crippen molar-refractivity contribution >= 4 is 17.5 Å². The molecule has 0 radical (unpaired) electrons. The zero-order valence-corrected chi connectivity index (χ0v) is 21.3. The summed E-state index contributed by atoms with van der Waals surface area (Å²) in [6.45, 7) is -1.73. The Morgan fingerprint density at radius 2 is 1.75 bits per heavy atom. The molecule has 1 amide bonds. The van der Waals surface area contributed by atoms with Crippen LogP contribution in [-0.2, 0) is 12.7 Å². The second kappa shape index (κ2) is 10.2. The highest BCUT2D eigenvalue weighted by molar-refractivity contribution is 6.34. The molecule has 0 spiro atoms. The van der Waals surface area contributed by atoms with Crippen LogP contribution in [0.5, 0.6) is 5.75 Å². The summed E-state index contributed by atoms with van der Waals surface area (Å²) in [6, 6.07) is 4.34. The van der Waals surface area contributed by atoms with Crippen LogP contribution in [0.4, 0.5) is 39.5 Å². The summed E-state index contributed by atoms with van der Waals surface area (Å²) in [5.74, 6) is -3.13. The highest BCUT2D eigenvalue weighted by Crippen LogP contribution is 2.56. The monoisotopic (exact) mass is 603 g/mol. The van der Waals surface area contributed by atoms with Crippen molar-refractivity contribution < 1.29 is 49.0 Å². The van der Waals surface area contributed by atoms with E-state index in [1.54, 1.807) is 11.8 Å². The Hall–Kier alpha value is -3.43. The van der Waals surface area contributed by atoms with Crippen LogP contribution in [0, 0.1) is 0 Å². The predicted molar refractivity (Wildman–Crippen MR) is 122 cm³/mol. The number of halogens is 10. The number of ether oxygens (including phenoxy) is 1. The second-order valence-electron chi connectivity index (χ2n) is 8.85. The Balaban J connectivity index is 1.81. The van der Waals surface area contributed by atoms with Gasteiger partial charge in [-0.2, -0.15) is 45.3 Å². The molecule has 1 aromatic carbocycles. The lowest BCUT2D eigenvalue weighted by Gasteiger charge is -2.28. The third-order valence-corrected chi connectivity index (χ3v) is 6.54. The third kappa shape index (κ3) is 5.08. The maximum atomic E-state index is 14.8. The molecule has 0 atom stereocenters. The first kappa shape index (κ1) is 29.6. The maximum absolute atomic E-state index is 14.8. The summed E-state index contributed by atoms with van der Waals surface area (Å²) in [5, 5.41) is 6.88. The molecule has 2 heterocycles. The average molecular weight is 604 g/mol. The van der Waals surface area contributed by atoms with Gasteiger partial charge < -0.3 is 9.64 Å². The molecule has 1 saturated carbocycles. The summed E-state index contributed by atoms with van der Waals surface area (Å²) in [7, 11) is 0.794. The molecule has 0 N–H and O–H groups in total. The van der Waals surface area contributed by atoms with Gasteiger partial charge in [-0.1, -0.05) is 17.7 Å². The summed E-state index contributed by atoms with van der Waals surface area (Å²) < 4.78 is 126. The highest BCUT2D eigenvalue weighted by atomic mass is 35.5. The van der Waals surface area contributed by atoms with Crippen LogP contribution in [-0.4, -0.2) is 61.9 Å². The van der Waals surface area contributed by atoms with Crippen LogP contribution in [0.1, 0.15) is 35.8 Å². The first-order valence-electron chi connectivity index (χ1n) is 11.5. The van der Waals surface area contributed by atoms with Gasteiger partial charge in [0.25, 0.3) is 5.91 Å². The van der Waals surface area contributed by atoms with Crippen molar-refractivity contribution in [3.8, 4) is 22.7 Å². The Bertz CT molecular complexity index is 1400. The summed E-state index contributed by atoms with van der Waals surface area (Å²) >= 11 is 6.23. The number of carbonyl (C=O) groups excluding carboxylic acids is 1. The normalized spacial score (nSPS) is 14.6. The fourth-order valence-electron chi connectivity index (χ4n) is 4.17. The molecule has 4 rings (SSSR count). The zero-order chi connectivity index (χ0) is 29.8. The van der Waals surface area contributed by atoms with E-state index in [0.29, 0.717) is 21.5 Å². The Kier molecular flexibility index (Phi) is 7.53. The van der Waals surface area contributed by atoms with E-state index in [1.807, 2.05) is 0 Å². The second-order valence-corrected chi connectivity index (χ2v) is 9.26. The van der Waals surface area contributed by atoms with E-state index in [-0.39, 0.29) is 28.1 Å². The largest absolute Gasteiger partial charge is 0.437 e. The lowest BCUT2D eigenvalue weighted by atomic mass is 9.99. The molecule has 0 unspecified atom stereocenters. The molecule has 7 nitrogen and oxygen atoms in total. The van der Waals surface area contributed by atoms with Gasteiger partial charge in [-0.25, -0.2) is 13.8 Å². The van der Waals surface area contributed by atoms with Crippen LogP contribution in [0.3, 0.4) is 0 Å². The number of hydrogen-bond donors (Lipinski definition) is 0. The number of carbonyl (C=O) groups is 1. The molecule has 218 valence electrons. The molecule has 1 fully saturated rings. The van der Waals surface area contributed by atoms with Gasteiger partial charge in [0.15, 0.2) is 17.3 Å². The van der Waals surface area contributed by atoms with Crippen LogP contribution in [0.25, 0.3) is 16.9 Å². The van der Waals surface area contributed by atoms with Crippen LogP contribution < -0.4 is 4.74 Å². The highest BCUT2D eigenvalue weighted by Gasteiger charge is 2.76. The number of aromatic nitrogens is 4. The minimum absolute atomic E-state index is 0.0725. The molecule has 0 saturated heterocycles. The molecular weight excluding hydrogens is 585 g/mol. The summed E-state index contributed by atoms with van der Waals surface area (Å²) in [5.41, 5.74) is -8.03. The number of rotatable bonds is 8. The molecule has 17 heteroatoms. The molecule has 0 aliphatic heterocycles. The standard InChI is InChI=1S/C23H19ClF9N5O2/c1-3-37(13-5-6-13)19(39)14-8-11(4-7-15(14)24)12-9-34-38(10-12)18-16(40-20(25)26)17(35-36(18)2)21(27,22(28,29)30)23(31,32)33/h4,7-10,13,20H,3,5-6H2,1-2H3. The topological polar surface area (TPSA) is 65.2 Å². The van der Waals surface area contributed by atoms with Gasteiger partial charge in [0.1, 0.15) is 0 Å². The van der Waals surface area contributed by atoms with Crippen LogP contribution >= 0.6 is 11.6 Å². The average Bonchev–Trinajstić information content (AvgIpc) is 3.47. The maximum Gasteiger partial charge on any atom is 0.437 e. The van der Waals surface area contributed by atoms with Crippen molar-refractivity contribution in [2.24, 2.45) is 7.05 Å². The molecule has 3 aromatic rings. The van der Waals surface area contributed by atoms with Gasteiger partial charge in [-0.3, -0.25) is 4.79 Å². The fraction of sp³-hybridized carbons (Fsp3) is 0.435. The minimum Gasteiger partial charge on any atom is -0.429 e. The fourth-order valence-corrected chi connectivity index (χ4v) is 4.36. The van der Waals surface area contributed by atoms with Gasteiger partial charge in [0, 0.05) is 31.4 Å². The van der Waals surface area contributed by atoms with Gasteiger partial charge in [0.2, 0.25) is 0 Å². The summed E-state index contributed by atoms with van der Waals surface area (Å²) in [4.78, 5) is 14.7. The third-order valence-electron chi connectivity index (χ3n) is 6.21. The number of alkyl halides is 9. The van der Waals surface area contributed by atoms with Gasteiger partial charge in [0.05, 0.1) is 16.8 Å². The Morgan fingerprint density at radius 3 is 2.27 bits per heavy atom. The van der Waals surface area contributed by atoms with E-state index in [9.17, 15) is 44.3 Å². The smallest absolute Gasteiger partial charge is 0.429 e. The minimum atomic E-state index is -6.63. The van der Waals surface area contributed by atoms with Crippen molar-refractivity contribution in [3.63, 3.8) is 0 Å². The first-order valence-corrected chi connectivity index (χ1v) is 11.9. The Labute approximate surface area is 225 Å². The van der Waals surface area contributed by atoms with Crippen molar-refractivity contribution in [3.05, 3.63) is 46.9 Å². The number of hydrogen-bond acceptors (Lipinski definition) is 4. The van der Waals surface area contributed by atoms with Crippen LogP contribution in [0.2, 0.25) is 5.02 Å². The van der Waals surface area contributed by atoms with E-state index in [2.05, 4.69) is 14.9 Å². The van der Waals surface area contributed by atoms with Crippen molar-refractivity contribution in [2.75, 3.05) is 6.54 Å². The van der Waals surface area contributed by atoms with E-state index >= 15 is 0 Å². The van der Waals surface area contributed by atoms with Crippen molar-refractivity contribution in [1.29, 1.82) is 0 Å². The number of aryl methyl sites for hydroxylation is 1. The zero-order valence-electron chi connectivity index (χ0n) is 20.5. The SMILES string of the molecule is CCN(C(=O)c1cc(-c2cnn(-c3c(OC(F)F)c(C(F)(C(F)(F)F)C(F)(F)F)nn3C)c2)ccc1Cl)C1CC1. The van der Waals surface area contributed by atoms with Crippen molar-refractivity contribution in [2.45, 2.75) is 50.4 Å². The number of nitrogens with zero attached hydrogens (tertiary/aromatic N) is 5. The van der Waals surface area contributed by atoms with E-state index in [0.717, 1.165) is 32.3 Å². The predicted octanol–water partition coefficient (Wildman–Crippen LogP) is 6.44. The van der Waals surface area contributed by atoms with Gasteiger partial charge in [-0.15, -0.1) is 0 Å². The Morgan fingerprint density at radius 1 is 1.12 bits per heavy atom. The van der Waals surface area contributed by atoms with Crippen LogP contribution in [0.15, 0.2) is 30.6 Å². The summed E-state index contributed by atoms with van der Waals surface area (Å²) in [6.07, 6.45) is -9.47. The van der Waals surface area contributed by atoms with E-state index in [1.165, 1.54) is 18.2 Å². The lowest BCUT2D eigenvalue weighted by Crippen LogP contribution is -2.51. The molecular formula is C23H19ClF9N5O2. The number of amides is 1. The van der Waals surface area contributed by atoms with Gasteiger partial charge in [-0.05, 0) is 37.5 Å². The number of benzene rings is 1. The molecule has 40 heavy (non-hydrogen) atoms. The molecule has 1 aliphatic rings. The van der Waals surface area contributed by atoms with Gasteiger partial charge >= 0.3 is 24.6 Å². The van der Waals surface area contributed by atoms with E-state index in [4.69, 9.17) is 11.6 Å². The molecule has 2 aromatic heterocycles.